The zero-order valence-electron chi connectivity index (χ0n) is 9.08. The maximum Gasteiger partial charge on any atom is 0.161 e. The van der Waals surface area contributed by atoms with Gasteiger partial charge >= 0.3 is 0 Å². The van der Waals surface area contributed by atoms with Crippen molar-refractivity contribution in [2.75, 3.05) is 13.2 Å². The molecule has 1 saturated heterocycles. The number of nitriles is 1. The van der Waals surface area contributed by atoms with Crippen LogP contribution in [0.15, 0.2) is 6.20 Å². The van der Waals surface area contributed by atoms with Gasteiger partial charge in [0.2, 0.25) is 0 Å². The molecule has 0 aliphatic carbocycles. The largest absolute Gasteiger partial charge is 0.377 e. The monoisotopic (exact) mass is 205 g/mol. The first kappa shape index (κ1) is 10.2. The van der Waals surface area contributed by atoms with Gasteiger partial charge in [-0.25, -0.2) is 4.98 Å². The first-order valence-electron chi connectivity index (χ1n) is 5.20. The first-order chi connectivity index (χ1) is 7.16. The smallest absolute Gasteiger partial charge is 0.161 e. The van der Waals surface area contributed by atoms with Crippen LogP contribution in [0, 0.1) is 17.2 Å². The SMILES string of the molecule is CC(C)Cc1cnc(C2(C#N)COC2)[nH]1. The van der Waals surface area contributed by atoms with E-state index in [2.05, 4.69) is 29.9 Å². The van der Waals surface area contributed by atoms with Crippen LogP contribution in [0.1, 0.15) is 25.4 Å². The minimum Gasteiger partial charge on any atom is -0.377 e. The Labute approximate surface area is 89.3 Å². The Hall–Kier alpha value is -1.34. The Morgan fingerprint density at radius 3 is 2.87 bits per heavy atom. The molecule has 1 aromatic rings. The third-order valence-electron chi connectivity index (χ3n) is 2.62. The summed E-state index contributed by atoms with van der Waals surface area (Å²) in [6, 6.07) is 2.28. The summed E-state index contributed by atoms with van der Waals surface area (Å²) >= 11 is 0. The topological polar surface area (TPSA) is 61.7 Å². The summed E-state index contributed by atoms with van der Waals surface area (Å²) in [5.74, 6) is 1.35. The first-order valence-corrected chi connectivity index (χ1v) is 5.20. The van der Waals surface area contributed by atoms with Crippen LogP contribution in [0.5, 0.6) is 0 Å². The van der Waals surface area contributed by atoms with Crippen LogP contribution >= 0.6 is 0 Å². The summed E-state index contributed by atoms with van der Waals surface area (Å²) in [6.45, 7) is 5.23. The van der Waals surface area contributed by atoms with Gasteiger partial charge in [-0.1, -0.05) is 13.8 Å². The van der Waals surface area contributed by atoms with Crippen molar-refractivity contribution in [3.63, 3.8) is 0 Å². The van der Waals surface area contributed by atoms with Gasteiger partial charge in [-0.3, -0.25) is 0 Å². The summed E-state index contributed by atoms with van der Waals surface area (Å²) in [7, 11) is 0. The molecule has 0 unspecified atom stereocenters. The van der Waals surface area contributed by atoms with Gasteiger partial charge in [0, 0.05) is 11.9 Å². The molecule has 0 bridgehead atoms. The molecule has 1 aliphatic heterocycles. The van der Waals surface area contributed by atoms with Crippen molar-refractivity contribution >= 4 is 0 Å². The minimum atomic E-state index is -0.519. The summed E-state index contributed by atoms with van der Waals surface area (Å²) in [5.41, 5.74) is 0.580. The van der Waals surface area contributed by atoms with Crippen LogP contribution in [-0.2, 0) is 16.6 Å². The van der Waals surface area contributed by atoms with Gasteiger partial charge in [-0.2, -0.15) is 5.26 Å². The van der Waals surface area contributed by atoms with Crippen molar-refractivity contribution in [3.8, 4) is 6.07 Å². The van der Waals surface area contributed by atoms with E-state index in [0.29, 0.717) is 19.1 Å². The molecular formula is C11H15N3O. The van der Waals surface area contributed by atoms with E-state index in [-0.39, 0.29) is 0 Å². The van der Waals surface area contributed by atoms with Gasteiger partial charge in [-0.15, -0.1) is 0 Å². The highest BCUT2D eigenvalue weighted by molar-refractivity contribution is 5.26. The molecule has 1 aliphatic rings. The Morgan fingerprint density at radius 2 is 2.40 bits per heavy atom. The number of rotatable bonds is 3. The van der Waals surface area contributed by atoms with E-state index in [4.69, 9.17) is 10.00 Å². The Morgan fingerprint density at radius 1 is 1.67 bits per heavy atom. The lowest BCUT2D eigenvalue weighted by Crippen LogP contribution is -2.46. The van der Waals surface area contributed by atoms with E-state index in [1.54, 1.807) is 0 Å². The molecule has 2 rings (SSSR count). The van der Waals surface area contributed by atoms with E-state index >= 15 is 0 Å². The molecule has 0 saturated carbocycles. The van der Waals surface area contributed by atoms with Crippen LogP contribution < -0.4 is 0 Å². The van der Waals surface area contributed by atoms with E-state index in [0.717, 1.165) is 17.9 Å². The Balaban J connectivity index is 2.17. The fraction of sp³-hybridized carbons (Fsp3) is 0.636. The standard InChI is InChI=1S/C11H15N3O/c1-8(2)3-9-4-13-10(14-9)11(5-12)6-15-7-11/h4,8H,3,6-7H2,1-2H3,(H,13,14). The Bertz CT molecular complexity index is 385. The molecule has 1 fully saturated rings. The van der Waals surface area contributed by atoms with Crippen molar-refractivity contribution in [2.24, 2.45) is 5.92 Å². The van der Waals surface area contributed by atoms with Gasteiger partial charge in [0.05, 0.1) is 19.3 Å². The zero-order chi connectivity index (χ0) is 10.9. The van der Waals surface area contributed by atoms with Crippen molar-refractivity contribution in [3.05, 3.63) is 17.7 Å². The van der Waals surface area contributed by atoms with Crippen LogP contribution in [0.2, 0.25) is 0 Å². The molecule has 0 aromatic carbocycles. The van der Waals surface area contributed by atoms with Gasteiger partial charge in [-0.05, 0) is 12.3 Å². The predicted octanol–water partition coefficient (Wildman–Crippen LogP) is 1.40. The number of nitrogens with zero attached hydrogens (tertiary/aromatic N) is 2. The highest BCUT2D eigenvalue weighted by atomic mass is 16.5. The van der Waals surface area contributed by atoms with Crippen LogP contribution in [-0.4, -0.2) is 23.2 Å². The van der Waals surface area contributed by atoms with E-state index < -0.39 is 5.41 Å². The third kappa shape index (κ3) is 1.75. The van der Waals surface area contributed by atoms with E-state index in [1.807, 2.05) is 6.20 Å². The quantitative estimate of drug-likeness (QED) is 0.811. The fourth-order valence-corrected chi connectivity index (χ4v) is 1.71. The molecule has 4 heteroatoms. The van der Waals surface area contributed by atoms with Crippen molar-refractivity contribution in [1.29, 1.82) is 5.26 Å². The van der Waals surface area contributed by atoms with Gasteiger partial charge in [0.1, 0.15) is 5.82 Å². The second-order valence-corrected chi connectivity index (χ2v) is 4.54. The summed E-state index contributed by atoms with van der Waals surface area (Å²) < 4.78 is 5.09. The van der Waals surface area contributed by atoms with E-state index in [1.165, 1.54) is 0 Å². The summed E-state index contributed by atoms with van der Waals surface area (Å²) in [5, 5.41) is 9.09. The van der Waals surface area contributed by atoms with Crippen LogP contribution in [0.25, 0.3) is 0 Å². The number of imidazole rings is 1. The Kier molecular flexibility index (Phi) is 2.49. The molecule has 1 aromatic heterocycles. The molecule has 4 nitrogen and oxygen atoms in total. The molecule has 1 N–H and O–H groups in total. The van der Waals surface area contributed by atoms with Gasteiger partial charge in [0.15, 0.2) is 5.41 Å². The molecule has 0 atom stereocenters. The van der Waals surface area contributed by atoms with Gasteiger partial charge < -0.3 is 9.72 Å². The molecule has 0 amide bonds. The summed E-state index contributed by atoms with van der Waals surface area (Å²) in [6.07, 6.45) is 2.79. The lowest BCUT2D eigenvalue weighted by atomic mass is 9.87. The highest BCUT2D eigenvalue weighted by Gasteiger charge is 2.43. The van der Waals surface area contributed by atoms with Crippen molar-refractivity contribution in [2.45, 2.75) is 25.7 Å². The predicted molar refractivity (Wildman–Crippen MR) is 55.2 cm³/mol. The number of hydrogen-bond donors (Lipinski definition) is 1. The molecule has 0 radical (unpaired) electrons. The molecule has 15 heavy (non-hydrogen) atoms. The van der Waals surface area contributed by atoms with Crippen molar-refractivity contribution < 1.29 is 4.74 Å². The normalized spacial score (nSPS) is 18.5. The molecule has 80 valence electrons. The second-order valence-electron chi connectivity index (χ2n) is 4.54. The zero-order valence-corrected chi connectivity index (χ0v) is 9.08. The number of hydrogen-bond acceptors (Lipinski definition) is 3. The third-order valence-corrected chi connectivity index (χ3v) is 2.62. The second kappa shape index (κ2) is 3.67. The highest BCUT2D eigenvalue weighted by Crippen LogP contribution is 2.29. The molecular weight excluding hydrogens is 190 g/mol. The maximum absolute atomic E-state index is 9.09. The minimum absolute atomic E-state index is 0.456. The van der Waals surface area contributed by atoms with Crippen LogP contribution in [0.3, 0.4) is 0 Å². The molecule has 0 spiro atoms. The van der Waals surface area contributed by atoms with E-state index in [9.17, 15) is 0 Å². The van der Waals surface area contributed by atoms with Crippen LogP contribution in [0.4, 0.5) is 0 Å². The number of nitrogens with one attached hydrogen (secondary N) is 1. The lowest BCUT2D eigenvalue weighted by molar-refractivity contribution is -0.0335. The lowest BCUT2D eigenvalue weighted by Gasteiger charge is -2.32. The fourth-order valence-electron chi connectivity index (χ4n) is 1.71. The number of ether oxygens (including phenoxy) is 1. The average molecular weight is 205 g/mol. The average Bonchev–Trinajstić information content (AvgIpc) is 2.51. The van der Waals surface area contributed by atoms with Crippen molar-refractivity contribution in [1.82, 2.24) is 9.97 Å². The molecule has 2 heterocycles. The van der Waals surface area contributed by atoms with Gasteiger partial charge in [0.25, 0.3) is 0 Å². The number of aromatic amines is 1. The number of aromatic nitrogens is 2. The summed E-state index contributed by atoms with van der Waals surface area (Å²) in [4.78, 5) is 7.50. The number of H-pyrrole nitrogens is 1. The maximum atomic E-state index is 9.09.